The van der Waals surface area contributed by atoms with Gasteiger partial charge in [-0.15, -0.1) is 11.3 Å². The molecule has 0 radical (unpaired) electrons. The molecule has 1 aliphatic rings. The molecule has 1 amide bonds. The lowest BCUT2D eigenvalue weighted by Crippen LogP contribution is -2.41. The Bertz CT molecular complexity index is 970. The van der Waals surface area contributed by atoms with Crippen molar-refractivity contribution in [3.8, 4) is 27.6 Å². The summed E-state index contributed by atoms with van der Waals surface area (Å²) in [6, 6.07) is 13.4. The fraction of sp³-hybridized carbons (Fsp3) is 0.158. The van der Waals surface area contributed by atoms with Gasteiger partial charge in [0.1, 0.15) is 10.8 Å². The second-order valence-corrected chi connectivity index (χ2v) is 7.12. The lowest BCUT2D eigenvalue weighted by Gasteiger charge is -2.30. The number of carbonyl (C=O) groups excluding carboxylic acids is 1. The Morgan fingerprint density at radius 2 is 2.04 bits per heavy atom. The summed E-state index contributed by atoms with van der Waals surface area (Å²) in [4.78, 5) is 18.5. The lowest BCUT2D eigenvalue weighted by atomic mass is 10.1. The highest BCUT2D eigenvalue weighted by Crippen LogP contribution is 2.38. The van der Waals surface area contributed by atoms with Gasteiger partial charge in [0, 0.05) is 23.6 Å². The van der Waals surface area contributed by atoms with Crippen molar-refractivity contribution in [3.63, 3.8) is 0 Å². The third-order valence-electron chi connectivity index (χ3n) is 4.21. The van der Waals surface area contributed by atoms with E-state index in [9.17, 15) is 4.79 Å². The number of anilines is 1. The van der Waals surface area contributed by atoms with E-state index >= 15 is 0 Å². The number of carbonyl (C=O) groups is 1. The molecular weight excluding hydrogens is 356 g/mol. The maximum absolute atomic E-state index is 12.1. The van der Waals surface area contributed by atoms with E-state index in [4.69, 9.17) is 21.3 Å². The summed E-state index contributed by atoms with van der Waals surface area (Å²) in [5.41, 5.74) is 3.46. The Morgan fingerprint density at radius 3 is 2.84 bits per heavy atom. The third kappa shape index (κ3) is 2.79. The number of amides is 1. The molecule has 126 valence electrons. The van der Waals surface area contributed by atoms with Crippen LogP contribution >= 0.6 is 22.9 Å². The molecule has 0 saturated carbocycles. The van der Waals surface area contributed by atoms with Crippen LogP contribution in [0.2, 0.25) is 5.02 Å². The first kappa shape index (κ1) is 16.1. The van der Waals surface area contributed by atoms with Crippen LogP contribution in [-0.2, 0) is 4.79 Å². The van der Waals surface area contributed by atoms with Crippen molar-refractivity contribution in [2.45, 2.75) is 13.0 Å². The van der Waals surface area contributed by atoms with Crippen LogP contribution in [0.3, 0.4) is 0 Å². The predicted octanol–water partition coefficient (Wildman–Crippen LogP) is 4.87. The quantitative estimate of drug-likeness (QED) is 0.646. The van der Waals surface area contributed by atoms with Crippen molar-refractivity contribution < 1.29 is 9.53 Å². The van der Waals surface area contributed by atoms with Gasteiger partial charge < -0.3 is 9.64 Å². The number of aromatic nitrogens is 1. The number of nitrogens with zero attached hydrogens (tertiary/aromatic N) is 2. The van der Waals surface area contributed by atoms with Crippen LogP contribution in [0.4, 0.5) is 5.69 Å². The normalized spacial score (nSPS) is 16.5. The standard InChI is InChI=1S/C19H15ClN2O2S/c1-11-19(23)22(2)16-9-12(7-8-17(16)24-11)15-10-25-18(21-15)13-5-3-4-6-14(13)20/h3-11H,1-2H3. The molecule has 0 fully saturated rings. The summed E-state index contributed by atoms with van der Waals surface area (Å²) in [7, 11) is 1.76. The van der Waals surface area contributed by atoms with E-state index in [-0.39, 0.29) is 5.91 Å². The molecule has 0 N–H and O–H groups in total. The lowest BCUT2D eigenvalue weighted by molar-refractivity contribution is -0.125. The van der Waals surface area contributed by atoms with Crippen LogP contribution in [0.5, 0.6) is 5.75 Å². The predicted molar refractivity (Wildman–Crippen MR) is 101 cm³/mol. The molecule has 25 heavy (non-hydrogen) atoms. The van der Waals surface area contributed by atoms with Crippen molar-refractivity contribution in [3.05, 3.63) is 52.9 Å². The second-order valence-electron chi connectivity index (χ2n) is 5.86. The number of hydrogen-bond donors (Lipinski definition) is 0. The average Bonchev–Trinajstić information content (AvgIpc) is 3.10. The minimum absolute atomic E-state index is 0.0558. The highest BCUT2D eigenvalue weighted by atomic mass is 35.5. The Kier molecular flexibility index (Phi) is 3.98. The molecule has 0 bridgehead atoms. The summed E-state index contributed by atoms with van der Waals surface area (Å²) in [5, 5.41) is 3.54. The topological polar surface area (TPSA) is 42.4 Å². The molecule has 1 atom stereocenters. The minimum atomic E-state index is -0.463. The van der Waals surface area contributed by atoms with Crippen LogP contribution in [-0.4, -0.2) is 24.0 Å². The van der Waals surface area contributed by atoms with E-state index in [1.54, 1.807) is 30.2 Å². The molecule has 1 unspecified atom stereocenters. The fourth-order valence-electron chi connectivity index (χ4n) is 2.84. The SMILES string of the molecule is CC1Oc2ccc(-c3csc(-c4ccccc4Cl)n3)cc2N(C)C1=O. The number of fused-ring (bicyclic) bond motifs is 1. The Balaban J connectivity index is 1.73. The number of benzene rings is 2. The minimum Gasteiger partial charge on any atom is -0.479 e. The monoisotopic (exact) mass is 370 g/mol. The van der Waals surface area contributed by atoms with Crippen LogP contribution in [0, 0.1) is 0 Å². The summed E-state index contributed by atoms with van der Waals surface area (Å²) < 4.78 is 5.67. The molecule has 2 aromatic carbocycles. The van der Waals surface area contributed by atoms with Gasteiger partial charge in [-0.2, -0.15) is 0 Å². The van der Waals surface area contributed by atoms with Crippen molar-refractivity contribution in [1.82, 2.24) is 4.98 Å². The van der Waals surface area contributed by atoms with Gasteiger partial charge in [-0.3, -0.25) is 4.79 Å². The van der Waals surface area contributed by atoms with Crippen LogP contribution in [0.25, 0.3) is 21.8 Å². The van der Waals surface area contributed by atoms with Gasteiger partial charge in [-0.05, 0) is 31.2 Å². The highest BCUT2D eigenvalue weighted by Gasteiger charge is 2.29. The number of rotatable bonds is 2. The molecule has 3 aromatic rings. The van der Waals surface area contributed by atoms with Gasteiger partial charge in [0.15, 0.2) is 6.10 Å². The van der Waals surface area contributed by atoms with E-state index in [1.165, 1.54) is 0 Å². The van der Waals surface area contributed by atoms with E-state index < -0.39 is 6.10 Å². The largest absolute Gasteiger partial charge is 0.479 e. The maximum atomic E-state index is 12.1. The average molecular weight is 371 g/mol. The number of halogens is 1. The Hall–Kier alpha value is -2.37. The number of likely N-dealkylation sites (N-methyl/N-ethyl adjacent to an activating group) is 1. The fourth-order valence-corrected chi connectivity index (χ4v) is 3.98. The zero-order valence-corrected chi connectivity index (χ0v) is 15.3. The first-order valence-corrected chi connectivity index (χ1v) is 9.09. The molecule has 1 aliphatic heterocycles. The first-order chi connectivity index (χ1) is 12.0. The van der Waals surface area contributed by atoms with Gasteiger partial charge in [0.25, 0.3) is 5.91 Å². The van der Waals surface area contributed by atoms with Gasteiger partial charge in [-0.25, -0.2) is 4.98 Å². The highest BCUT2D eigenvalue weighted by molar-refractivity contribution is 7.13. The molecule has 2 heterocycles. The molecule has 4 nitrogen and oxygen atoms in total. The van der Waals surface area contributed by atoms with Crippen LogP contribution in [0.1, 0.15) is 6.92 Å². The molecule has 0 saturated heterocycles. The van der Waals surface area contributed by atoms with Gasteiger partial charge in [0.2, 0.25) is 0 Å². The van der Waals surface area contributed by atoms with Gasteiger partial charge in [0.05, 0.1) is 16.4 Å². The van der Waals surface area contributed by atoms with Gasteiger partial charge in [-0.1, -0.05) is 29.8 Å². The van der Waals surface area contributed by atoms with E-state index in [2.05, 4.69) is 0 Å². The molecule has 6 heteroatoms. The smallest absolute Gasteiger partial charge is 0.267 e. The number of ether oxygens (including phenoxy) is 1. The van der Waals surface area contributed by atoms with Crippen LogP contribution in [0.15, 0.2) is 47.8 Å². The van der Waals surface area contributed by atoms with Gasteiger partial charge >= 0.3 is 0 Å². The zero-order chi connectivity index (χ0) is 17.6. The van der Waals surface area contributed by atoms with Crippen molar-refractivity contribution >= 4 is 34.5 Å². The third-order valence-corrected chi connectivity index (χ3v) is 5.41. The first-order valence-electron chi connectivity index (χ1n) is 7.83. The van der Waals surface area contributed by atoms with E-state index in [0.29, 0.717) is 10.8 Å². The molecule has 0 aliphatic carbocycles. The molecule has 1 aromatic heterocycles. The molecular formula is C19H15ClN2O2S. The summed E-state index contributed by atoms with van der Waals surface area (Å²) in [5.74, 6) is 0.652. The van der Waals surface area contributed by atoms with E-state index in [1.807, 2.05) is 47.8 Å². The molecule has 0 spiro atoms. The second kappa shape index (κ2) is 6.17. The van der Waals surface area contributed by atoms with Crippen molar-refractivity contribution in [2.24, 2.45) is 0 Å². The Morgan fingerprint density at radius 1 is 1.24 bits per heavy atom. The zero-order valence-electron chi connectivity index (χ0n) is 13.7. The molecule has 4 rings (SSSR count). The van der Waals surface area contributed by atoms with Crippen molar-refractivity contribution in [2.75, 3.05) is 11.9 Å². The summed E-state index contributed by atoms with van der Waals surface area (Å²) >= 11 is 7.81. The number of thiazole rings is 1. The maximum Gasteiger partial charge on any atom is 0.267 e. The number of hydrogen-bond acceptors (Lipinski definition) is 4. The summed E-state index contributed by atoms with van der Waals surface area (Å²) in [6.07, 6.45) is -0.463. The van der Waals surface area contributed by atoms with E-state index in [0.717, 1.165) is 27.5 Å². The Labute approximate surface area is 154 Å². The van der Waals surface area contributed by atoms with Crippen LogP contribution < -0.4 is 9.64 Å². The summed E-state index contributed by atoms with van der Waals surface area (Å²) in [6.45, 7) is 1.76. The van der Waals surface area contributed by atoms with Crippen molar-refractivity contribution in [1.29, 1.82) is 0 Å².